The largest absolute Gasteiger partial charge is 0.462 e. The second-order valence-electron chi connectivity index (χ2n) is 19.2. The third-order valence-corrected chi connectivity index (χ3v) is 12.3. The van der Waals surface area contributed by atoms with Crippen molar-refractivity contribution in [1.82, 2.24) is 0 Å². The molecule has 0 rings (SSSR count). The molecule has 0 bridgehead atoms. The number of rotatable bonds is 52. The van der Waals surface area contributed by atoms with Crippen LogP contribution in [0.3, 0.4) is 0 Å². The Morgan fingerprint density at radius 3 is 0.855 bits per heavy atom. The molecular weight excluding hydrogens is 853 g/mol. The molecule has 0 saturated heterocycles. The lowest BCUT2D eigenvalue weighted by molar-refractivity contribution is -0.167. The molecule has 1 atom stereocenters. The second-order valence-corrected chi connectivity index (χ2v) is 19.2. The SMILES string of the molecule is CCCCC/C=C\C/C=C\C/C=C\CCCCCCCCC(=O)OC[C@@H](COC(=O)CCCCCCC/C=C\CCCCCC)OC(=O)CCCCCCCC/C=C\C/C=C\C/C=C\CCCCC. The molecule has 0 spiro atoms. The van der Waals surface area contributed by atoms with Gasteiger partial charge in [-0.05, 0) is 122 Å². The van der Waals surface area contributed by atoms with E-state index in [1.807, 2.05) is 0 Å². The summed E-state index contributed by atoms with van der Waals surface area (Å²) in [6.07, 6.45) is 74.2. The van der Waals surface area contributed by atoms with E-state index in [-0.39, 0.29) is 31.1 Å². The van der Waals surface area contributed by atoms with Crippen molar-refractivity contribution in [2.45, 2.75) is 284 Å². The Hall–Kier alpha value is -3.41. The predicted octanol–water partition coefficient (Wildman–Crippen LogP) is 19.5. The van der Waals surface area contributed by atoms with Crippen LogP contribution in [0.5, 0.6) is 0 Å². The van der Waals surface area contributed by atoms with Crippen LogP contribution in [0.4, 0.5) is 0 Å². The first-order valence-electron chi connectivity index (χ1n) is 29.1. The van der Waals surface area contributed by atoms with Crippen LogP contribution in [0.15, 0.2) is 85.1 Å². The fourth-order valence-corrected chi connectivity index (χ4v) is 7.92. The van der Waals surface area contributed by atoms with Crippen molar-refractivity contribution in [2.24, 2.45) is 0 Å². The maximum atomic E-state index is 12.9. The first kappa shape index (κ1) is 65.6. The summed E-state index contributed by atoms with van der Waals surface area (Å²) >= 11 is 0. The van der Waals surface area contributed by atoms with Gasteiger partial charge in [-0.2, -0.15) is 0 Å². The van der Waals surface area contributed by atoms with E-state index in [1.165, 1.54) is 128 Å². The number of hydrogen-bond donors (Lipinski definition) is 0. The Morgan fingerprint density at radius 1 is 0.290 bits per heavy atom. The number of hydrogen-bond acceptors (Lipinski definition) is 6. The molecule has 396 valence electrons. The Kier molecular flexibility index (Phi) is 54.3. The summed E-state index contributed by atoms with van der Waals surface area (Å²) in [7, 11) is 0. The molecule has 0 aromatic heterocycles. The molecule has 0 amide bonds. The molecule has 0 aliphatic rings. The molecule has 0 N–H and O–H groups in total. The summed E-state index contributed by atoms with van der Waals surface area (Å²) in [4.78, 5) is 38.2. The molecule has 0 aromatic carbocycles. The Labute approximate surface area is 426 Å². The molecule has 0 heterocycles. The molecule has 6 heteroatoms. The molecule has 0 radical (unpaired) electrons. The standard InChI is InChI=1S/C63H108O6/c1-4-7-10-13-16-19-22-25-27-29-31-33-35-38-41-44-47-50-53-56-62(65)68-59-60(58-67-61(64)55-52-49-46-43-40-37-24-21-18-15-12-9-6-3)69-63(66)57-54-51-48-45-42-39-36-34-32-30-28-26-23-20-17-14-11-8-5-2/h16-17,19-21,24-28,31-34,60H,4-15,18,22-23,29-30,35-59H2,1-3H3/b19-16-,20-17-,24-21-,27-25-,28-26-,33-31-,34-32-/t60-/m1/s1. The normalized spacial score (nSPS) is 12.7. The molecule has 0 aliphatic carbocycles. The highest BCUT2D eigenvalue weighted by Crippen LogP contribution is 2.14. The number of carbonyl (C=O) groups excluding carboxylic acids is 3. The highest BCUT2D eigenvalue weighted by molar-refractivity contribution is 5.71. The molecule has 6 nitrogen and oxygen atoms in total. The van der Waals surface area contributed by atoms with Crippen molar-refractivity contribution < 1.29 is 28.6 Å². The smallest absolute Gasteiger partial charge is 0.306 e. The van der Waals surface area contributed by atoms with Gasteiger partial charge in [0, 0.05) is 19.3 Å². The number of ether oxygens (including phenoxy) is 3. The second kappa shape index (κ2) is 57.2. The summed E-state index contributed by atoms with van der Waals surface area (Å²) in [5, 5.41) is 0. The van der Waals surface area contributed by atoms with Gasteiger partial charge in [0.1, 0.15) is 13.2 Å². The van der Waals surface area contributed by atoms with E-state index >= 15 is 0 Å². The van der Waals surface area contributed by atoms with Crippen molar-refractivity contribution in [3.63, 3.8) is 0 Å². The van der Waals surface area contributed by atoms with Gasteiger partial charge in [0.2, 0.25) is 0 Å². The van der Waals surface area contributed by atoms with Gasteiger partial charge in [-0.15, -0.1) is 0 Å². The Bertz CT molecular complexity index is 1330. The van der Waals surface area contributed by atoms with Crippen LogP contribution >= 0.6 is 0 Å². The van der Waals surface area contributed by atoms with E-state index < -0.39 is 6.10 Å². The average Bonchev–Trinajstić information content (AvgIpc) is 3.35. The zero-order chi connectivity index (χ0) is 50.0. The molecule has 0 aliphatic heterocycles. The number of carbonyl (C=O) groups is 3. The maximum Gasteiger partial charge on any atom is 0.306 e. The van der Waals surface area contributed by atoms with Crippen molar-refractivity contribution in [2.75, 3.05) is 13.2 Å². The summed E-state index contributed by atoms with van der Waals surface area (Å²) in [6, 6.07) is 0. The van der Waals surface area contributed by atoms with Crippen molar-refractivity contribution in [3.8, 4) is 0 Å². The zero-order valence-electron chi connectivity index (χ0n) is 45.3. The fraction of sp³-hybridized carbons (Fsp3) is 0.730. The lowest BCUT2D eigenvalue weighted by atomic mass is 10.1. The molecule has 0 fully saturated rings. The molecular formula is C63H108O6. The third-order valence-electron chi connectivity index (χ3n) is 12.3. The monoisotopic (exact) mass is 961 g/mol. The van der Waals surface area contributed by atoms with Crippen LogP contribution < -0.4 is 0 Å². The van der Waals surface area contributed by atoms with Gasteiger partial charge in [-0.25, -0.2) is 0 Å². The van der Waals surface area contributed by atoms with Gasteiger partial charge >= 0.3 is 17.9 Å². The summed E-state index contributed by atoms with van der Waals surface area (Å²) < 4.78 is 16.8. The fourth-order valence-electron chi connectivity index (χ4n) is 7.92. The molecule has 69 heavy (non-hydrogen) atoms. The van der Waals surface area contributed by atoms with Gasteiger partial charge in [-0.1, -0.05) is 221 Å². The topological polar surface area (TPSA) is 78.9 Å². The zero-order valence-corrected chi connectivity index (χ0v) is 45.3. The lowest BCUT2D eigenvalue weighted by Crippen LogP contribution is -2.30. The summed E-state index contributed by atoms with van der Waals surface area (Å²) in [5.74, 6) is -0.919. The van der Waals surface area contributed by atoms with Crippen LogP contribution in [-0.2, 0) is 28.6 Å². The van der Waals surface area contributed by atoms with Crippen LogP contribution in [0, 0.1) is 0 Å². The van der Waals surface area contributed by atoms with Crippen LogP contribution in [0.2, 0.25) is 0 Å². The third kappa shape index (κ3) is 55.4. The van der Waals surface area contributed by atoms with Gasteiger partial charge < -0.3 is 14.2 Å². The quantitative estimate of drug-likeness (QED) is 0.0262. The van der Waals surface area contributed by atoms with Crippen LogP contribution in [0.1, 0.15) is 278 Å². The highest BCUT2D eigenvalue weighted by Gasteiger charge is 2.19. The van der Waals surface area contributed by atoms with Gasteiger partial charge in [0.05, 0.1) is 0 Å². The van der Waals surface area contributed by atoms with Crippen LogP contribution in [-0.4, -0.2) is 37.2 Å². The molecule has 0 aromatic rings. The van der Waals surface area contributed by atoms with Crippen molar-refractivity contribution in [3.05, 3.63) is 85.1 Å². The Balaban J connectivity index is 4.43. The number of unbranched alkanes of at least 4 members (excludes halogenated alkanes) is 27. The van der Waals surface area contributed by atoms with E-state index in [4.69, 9.17) is 14.2 Å². The molecule has 0 unspecified atom stereocenters. The minimum Gasteiger partial charge on any atom is -0.462 e. The highest BCUT2D eigenvalue weighted by atomic mass is 16.6. The maximum absolute atomic E-state index is 12.9. The van der Waals surface area contributed by atoms with Crippen molar-refractivity contribution >= 4 is 17.9 Å². The van der Waals surface area contributed by atoms with Crippen molar-refractivity contribution in [1.29, 1.82) is 0 Å². The van der Waals surface area contributed by atoms with Crippen LogP contribution in [0.25, 0.3) is 0 Å². The average molecular weight is 962 g/mol. The lowest BCUT2D eigenvalue weighted by Gasteiger charge is -2.18. The summed E-state index contributed by atoms with van der Waals surface area (Å²) in [6.45, 7) is 6.55. The van der Waals surface area contributed by atoms with E-state index in [0.29, 0.717) is 19.3 Å². The van der Waals surface area contributed by atoms with Gasteiger partial charge in [0.25, 0.3) is 0 Å². The molecule has 0 saturated carbocycles. The number of esters is 3. The first-order chi connectivity index (χ1) is 34.0. The van der Waals surface area contributed by atoms with Gasteiger partial charge in [0.15, 0.2) is 6.10 Å². The first-order valence-corrected chi connectivity index (χ1v) is 29.1. The van der Waals surface area contributed by atoms with E-state index in [2.05, 4.69) is 106 Å². The Morgan fingerprint density at radius 2 is 0.522 bits per heavy atom. The minimum absolute atomic E-state index is 0.0906. The minimum atomic E-state index is -0.793. The van der Waals surface area contributed by atoms with E-state index in [0.717, 1.165) is 109 Å². The summed E-state index contributed by atoms with van der Waals surface area (Å²) in [5.41, 5.74) is 0. The van der Waals surface area contributed by atoms with Gasteiger partial charge in [-0.3, -0.25) is 14.4 Å². The predicted molar refractivity (Wildman–Crippen MR) is 297 cm³/mol. The van der Waals surface area contributed by atoms with E-state index in [1.54, 1.807) is 0 Å². The number of allylic oxidation sites excluding steroid dienone is 14. The van der Waals surface area contributed by atoms with E-state index in [9.17, 15) is 14.4 Å².